The van der Waals surface area contributed by atoms with Gasteiger partial charge in [0, 0.05) is 18.6 Å². The van der Waals surface area contributed by atoms with E-state index in [2.05, 4.69) is 15.9 Å². The number of sulfone groups is 1. The lowest BCUT2D eigenvalue weighted by atomic mass is 10.2. The van der Waals surface area contributed by atoms with Crippen LogP contribution in [0.4, 0.5) is 0 Å². The van der Waals surface area contributed by atoms with Crippen LogP contribution in [-0.2, 0) is 19.9 Å². The normalized spacial score (nSPS) is 25.0. The van der Waals surface area contributed by atoms with Crippen LogP contribution in [0.3, 0.4) is 0 Å². The maximum atomic E-state index is 12.8. The number of sulfonamides is 1. The average molecular weight is 413 g/mol. The summed E-state index contributed by atoms with van der Waals surface area (Å²) in [5.74, 6) is -0.833. The van der Waals surface area contributed by atoms with Crippen molar-refractivity contribution in [3.05, 3.63) is 28.7 Å². The second-order valence-corrected chi connectivity index (χ2v) is 10.2. The van der Waals surface area contributed by atoms with Gasteiger partial charge < -0.3 is 5.11 Å². The molecule has 0 saturated carbocycles. The lowest BCUT2D eigenvalue weighted by Crippen LogP contribution is -2.53. The summed E-state index contributed by atoms with van der Waals surface area (Å²) < 4.78 is 50.6. The number of hydrogen-bond acceptors (Lipinski definition) is 6. The molecule has 0 aromatic heterocycles. The minimum Gasteiger partial charge on any atom is -0.390 e. The summed E-state index contributed by atoms with van der Waals surface area (Å²) in [6.45, 7) is 0. The Labute approximate surface area is 138 Å². The van der Waals surface area contributed by atoms with E-state index in [1.54, 1.807) is 12.1 Å². The Hall–Kier alpha value is -0.520. The average Bonchev–Trinajstić information content (AvgIpc) is 2.62. The van der Waals surface area contributed by atoms with E-state index in [4.69, 9.17) is 0 Å². The summed E-state index contributed by atoms with van der Waals surface area (Å²) in [7, 11) is -4.44. The second kappa shape index (κ2) is 6.17. The van der Waals surface area contributed by atoms with Crippen LogP contribution in [0.5, 0.6) is 0 Å². The van der Waals surface area contributed by atoms with E-state index in [9.17, 15) is 21.9 Å². The van der Waals surface area contributed by atoms with Crippen LogP contribution >= 0.6 is 15.9 Å². The maximum Gasteiger partial charge on any atom is 0.256 e. The molecule has 7 nitrogen and oxygen atoms in total. The molecule has 0 radical (unpaired) electrons. The van der Waals surface area contributed by atoms with E-state index in [0.29, 0.717) is 0 Å². The first-order valence-corrected chi connectivity index (χ1v) is 10.5. The Balaban J connectivity index is 2.46. The molecular formula is C12H17BrN2O5S2. The van der Waals surface area contributed by atoms with Crippen LogP contribution in [-0.4, -0.2) is 69.1 Å². The molecule has 0 aliphatic carbocycles. The smallest absolute Gasteiger partial charge is 0.256 e. The van der Waals surface area contributed by atoms with Crippen molar-refractivity contribution in [1.29, 1.82) is 0 Å². The van der Waals surface area contributed by atoms with Crippen molar-refractivity contribution in [2.24, 2.45) is 0 Å². The molecule has 1 fully saturated rings. The molecule has 2 atom stereocenters. The molecular weight excluding hydrogens is 396 g/mol. The fourth-order valence-corrected chi connectivity index (χ4v) is 6.24. The van der Waals surface area contributed by atoms with Crippen molar-refractivity contribution in [2.75, 3.05) is 25.6 Å². The van der Waals surface area contributed by atoms with Gasteiger partial charge in [0.25, 0.3) is 10.0 Å². The van der Waals surface area contributed by atoms with Crippen LogP contribution < -0.4 is 0 Å². The van der Waals surface area contributed by atoms with Gasteiger partial charge in [0.2, 0.25) is 0 Å². The van der Waals surface area contributed by atoms with Crippen LogP contribution in [0.25, 0.3) is 0 Å². The van der Waals surface area contributed by atoms with Gasteiger partial charge in [-0.2, -0.15) is 0 Å². The second-order valence-electron chi connectivity index (χ2n) is 5.29. The van der Waals surface area contributed by atoms with E-state index in [1.165, 1.54) is 31.2 Å². The fraction of sp³-hybridized carbons (Fsp3) is 0.500. The van der Waals surface area contributed by atoms with E-state index >= 15 is 0 Å². The summed E-state index contributed by atoms with van der Waals surface area (Å²) in [5.41, 5.74) is 0. The van der Waals surface area contributed by atoms with Crippen molar-refractivity contribution < 1.29 is 21.9 Å². The predicted molar refractivity (Wildman–Crippen MR) is 85.3 cm³/mol. The lowest BCUT2D eigenvalue weighted by Gasteiger charge is -2.33. The highest BCUT2D eigenvalue weighted by atomic mass is 79.9. The molecule has 124 valence electrons. The van der Waals surface area contributed by atoms with Crippen molar-refractivity contribution in [3.63, 3.8) is 0 Å². The van der Waals surface area contributed by atoms with Gasteiger partial charge in [-0.3, -0.25) is 0 Å². The zero-order chi connectivity index (χ0) is 16.7. The predicted octanol–water partition coefficient (Wildman–Crippen LogP) is 0.0743. The van der Waals surface area contributed by atoms with E-state index in [1.807, 2.05) is 0 Å². The van der Waals surface area contributed by atoms with Gasteiger partial charge in [-0.1, -0.05) is 15.9 Å². The number of hydrogen-bond donors (Lipinski definition) is 1. The highest BCUT2D eigenvalue weighted by Crippen LogP contribution is 2.26. The summed E-state index contributed by atoms with van der Waals surface area (Å²) in [6, 6.07) is 4.98. The molecule has 1 aliphatic heterocycles. The van der Waals surface area contributed by atoms with Crippen LogP contribution in [0, 0.1) is 0 Å². The number of rotatable bonds is 4. The van der Waals surface area contributed by atoms with Crippen LogP contribution in [0.1, 0.15) is 0 Å². The number of hydrazine groups is 1. The molecule has 1 aromatic rings. The molecule has 1 saturated heterocycles. The topological polar surface area (TPSA) is 95.0 Å². The first-order valence-electron chi connectivity index (χ1n) is 6.40. The highest BCUT2D eigenvalue weighted by molar-refractivity contribution is 9.10. The molecule has 1 aromatic carbocycles. The van der Waals surface area contributed by atoms with Crippen LogP contribution in [0.15, 0.2) is 33.6 Å². The Morgan fingerprint density at radius 1 is 1.18 bits per heavy atom. The molecule has 2 rings (SSSR count). The third-order valence-corrected chi connectivity index (χ3v) is 7.51. The van der Waals surface area contributed by atoms with Gasteiger partial charge in [0.05, 0.1) is 28.5 Å². The Kier molecular flexibility index (Phi) is 5.00. The molecule has 22 heavy (non-hydrogen) atoms. The first kappa shape index (κ1) is 17.8. The van der Waals surface area contributed by atoms with Crippen LogP contribution in [0.2, 0.25) is 0 Å². The summed E-state index contributed by atoms with van der Waals surface area (Å²) in [5, 5.41) is 11.3. The Morgan fingerprint density at radius 2 is 1.73 bits per heavy atom. The number of aliphatic hydroxyl groups is 1. The van der Waals surface area contributed by atoms with Gasteiger partial charge >= 0.3 is 0 Å². The molecule has 1 aliphatic rings. The van der Waals surface area contributed by atoms with Gasteiger partial charge in [-0.25, -0.2) is 21.8 Å². The Bertz CT molecular complexity index is 746. The van der Waals surface area contributed by atoms with Crippen molar-refractivity contribution >= 4 is 35.8 Å². The largest absolute Gasteiger partial charge is 0.390 e. The molecule has 1 heterocycles. The molecule has 10 heteroatoms. The molecule has 0 spiro atoms. The highest BCUT2D eigenvalue weighted by Gasteiger charge is 2.46. The quantitative estimate of drug-likeness (QED) is 0.703. The van der Waals surface area contributed by atoms with Gasteiger partial charge in [-0.15, -0.1) is 4.41 Å². The molecule has 0 unspecified atom stereocenters. The zero-order valence-corrected chi connectivity index (χ0v) is 15.3. The van der Waals surface area contributed by atoms with Gasteiger partial charge in [0.1, 0.15) is 0 Å². The Morgan fingerprint density at radius 3 is 2.14 bits per heavy atom. The zero-order valence-electron chi connectivity index (χ0n) is 12.0. The summed E-state index contributed by atoms with van der Waals surface area (Å²) in [6.07, 6.45) is -1.25. The van der Waals surface area contributed by atoms with E-state index < -0.39 is 43.5 Å². The number of aliphatic hydroxyl groups excluding tert-OH is 1. The summed E-state index contributed by atoms with van der Waals surface area (Å²) in [4.78, 5) is 0.0286. The standard InChI is InChI=1S/C12H17BrN2O5S2/c1-14(2)15(11-7-21(17,18)8-12(11)16)22(19,20)10-5-3-9(13)4-6-10/h3-6,11-12,16H,7-8H2,1-2H3/t11-,12-/m1/s1. The summed E-state index contributed by atoms with van der Waals surface area (Å²) >= 11 is 3.23. The maximum absolute atomic E-state index is 12.8. The monoisotopic (exact) mass is 412 g/mol. The third kappa shape index (κ3) is 3.52. The number of halogens is 1. The fourth-order valence-electron chi connectivity index (χ4n) is 2.43. The van der Waals surface area contributed by atoms with Gasteiger partial charge in [0.15, 0.2) is 9.84 Å². The van der Waals surface area contributed by atoms with Crippen molar-refractivity contribution in [1.82, 2.24) is 9.42 Å². The van der Waals surface area contributed by atoms with E-state index in [-0.39, 0.29) is 4.90 Å². The molecule has 0 bridgehead atoms. The minimum atomic E-state index is -3.97. The van der Waals surface area contributed by atoms with E-state index in [0.717, 1.165) is 8.89 Å². The number of nitrogens with zero attached hydrogens (tertiary/aromatic N) is 2. The first-order chi connectivity index (χ1) is 10.0. The minimum absolute atomic E-state index is 0.0286. The molecule has 0 amide bonds. The SMILES string of the molecule is CN(C)N([C@@H]1CS(=O)(=O)C[C@H]1O)S(=O)(=O)c1ccc(Br)cc1. The lowest BCUT2D eigenvalue weighted by molar-refractivity contribution is 0.0272. The number of benzene rings is 1. The van der Waals surface area contributed by atoms with Gasteiger partial charge in [-0.05, 0) is 24.3 Å². The van der Waals surface area contributed by atoms with Crippen molar-refractivity contribution in [2.45, 2.75) is 17.0 Å². The third-order valence-electron chi connectivity index (χ3n) is 3.33. The molecule has 1 N–H and O–H groups in total. The van der Waals surface area contributed by atoms with Crippen molar-refractivity contribution in [3.8, 4) is 0 Å².